The number of aromatic nitrogens is 5. The number of aromatic amines is 1. The van der Waals surface area contributed by atoms with Crippen molar-refractivity contribution in [2.75, 3.05) is 29.6 Å². The quantitative estimate of drug-likeness (QED) is 0.209. The lowest BCUT2D eigenvalue weighted by Gasteiger charge is -2.34. The molecule has 1 amide bonds. The number of rotatable bonds is 7. The third-order valence-corrected chi connectivity index (χ3v) is 8.05. The van der Waals surface area contributed by atoms with Gasteiger partial charge in [-0.1, -0.05) is 29.6 Å². The summed E-state index contributed by atoms with van der Waals surface area (Å²) in [7, 11) is 1.79. The molecule has 0 bridgehead atoms. The van der Waals surface area contributed by atoms with Gasteiger partial charge in [0.1, 0.15) is 5.15 Å². The van der Waals surface area contributed by atoms with Crippen LogP contribution in [0.4, 0.5) is 11.6 Å². The van der Waals surface area contributed by atoms with Gasteiger partial charge in [0.05, 0.1) is 28.8 Å². The number of anilines is 2. The van der Waals surface area contributed by atoms with E-state index in [1.54, 1.807) is 30.0 Å². The molecule has 1 aliphatic rings. The Morgan fingerprint density at radius 2 is 2.05 bits per heavy atom. The molecule has 4 aromatic rings. The van der Waals surface area contributed by atoms with Gasteiger partial charge in [0.2, 0.25) is 5.95 Å². The fraction of sp³-hybridized carbons (Fsp3) is 0.393. The van der Waals surface area contributed by atoms with Gasteiger partial charge in [0.25, 0.3) is 11.5 Å². The maximum Gasteiger partial charge on any atom is 0.281 e. The average molecular weight is 581 g/mol. The third kappa shape index (κ3) is 5.40. The van der Waals surface area contributed by atoms with Crippen LogP contribution in [0.25, 0.3) is 10.9 Å². The van der Waals surface area contributed by atoms with Crippen LogP contribution in [0, 0.1) is 13.8 Å². The van der Waals surface area contributed by atoms with Crippen molar-refractivity contribution in [3.8, 4) is 0 Å². The summed E-state index contributed by atoms with van der Waals surface area (Å²) in [6.45, 7) is 7.56. The van der Waals surface area contributed by atoms with Crippen LogP contribution in [0.15, 0.2) is 35.3 Å². The first kappa shape index (κ1) is 28.0. The number of hydrogen-bond acceptors (Lipinski definition) is 8. The van der Waals surface area contributed by atoms with Gasteiger partial charge in [0, 0.05) is 43.6 Å². The number of H-pyrrole nitrogens is 1. The summed E-state index contributed by atoms with van der Waals surface area (Å²) < 4.78 is 4.36. The van der Waals surface area contributed by atoms with Crippen molar-refractivity contribution in [1.82, 2.24) is 29.5 Å². The highest BCUT2D eigenvalue weighted by atomic mass is 35.5. The Balaban J connectivity index is 1.55. The minimum atomic E-state index is -0.347. The monoisotopic (exact) mass is 580 g/mol. The fourth-order valence-electron chi connectivity index (χ4n) is 5.52. The molecule has 3 N–H and O–H groups in total. The van der Waals surface area contributed by atoms with Crippen molar-refractivity contribution in [3.05, 3.63) is 74.0 Å². The summed E-state index contributed by atoms with van der Waals surface area (Å²) in [5, 5.41) is 11.5. The van der Waals surface area contributed by atoms with Crippen LogP contribution in [0.3, 0.4) is 0 Å². The smallest absolute Gasteiger partial charge is 0.281 e. The van der Waals surface area contributed by atoms with Crippen molar-refractivity contribution >= 4 is 52.0 Å². The molecule has 4 heterocycles. The number of carbonyl (C=O) groups excluding carboxylic acids is 1. The molecule has 1 saturated heterocycles. The topological polar surface area (TPSA) is 121 Å². The maximum absolute atomic E-state index is 13.7. The predicted molar refractivity (Wildman–Crippen MR) is 161 cm³/mol. The Labute approximate surface area is 242 Å². The first-order chi connectivity index (χ1) is 19.2. The zero-order chi connectivity index (χ0) is 28.6. The van der Waals surface area contributed by atoms with Gasteiger partial charge in [-0.3, -0.25) is 24.0 Å². The van der Waals surface area contributed by atoms with Crippen LogP contribution in [-0.2, 0) is 7.05 Å². The summed E-state index contributed by atoms with van der Waals surface area (Å²) in [6, 6.07) is 7.01. The highest BCUT2D eigenvalue weighted by molar-refractivity contribution is 7.97. The predicted octanol–water partition coefficient (Wildman–Crippen LogP) is 4.89. The van der Waals surface area contributed by atoms with E-state index in [1.807, 2.05) is 39.1 Å². The van der Waals surface area contributed by atoms with Crippen molar-refractivity contribution in [2.45, 2.75) is 45.6 Å². The second kappa shape index (κ2) is 11.5. The van der Waals surface area contributed by atoms with E-state index in [1.165, 1.54) is 17.5 Å². The number of nitrogens with zero attached hydrogens (tertiary/aromatic N) is 5. The lowest BCUT2D eigenvalue weighted by molar-refractivity contribution is 0.0980. The van der Waals surface area contributed by atoms with E-state index in [0.29, 0.717) is 28.5 Å². The van der Waals surface area contributed by atoms with Gasteiger partial charge in [-0.2, -0.15) is 5.10 Å². The number of halogens is 1. The molecule has 0 radical (unpaired) electrons. The van der Waals surface area contributed by atoms with E-state index in [-0.39, 0.29) is 28.4 Å². The minimum Gasteiger partial charge on any atom is -0.377 e. The summed E-state index contributed by atoms with van der Waals surface area (Å²) in [6.07, 6.45) is 5.73. The third-order valence-electron chi connectivity index (χ3n) is 7.45. The van der Waals surface area contributed by atoms with Crippen molar-refractivity contribution in [1.29, 1.82) is 0 Å². The first-order valence-electron chi connectivity index (χ1n) is 13.2. The molecule has 5 rings (SSSR count). The van der Waals surface area contributed by atoms with E-state index >= 15 is 0 Å². The van der Waals surface area contributed by atoms with Crippen LogP contribution in [-0.4, -0.2) is 50.0 Å². The Morgan fingerprint density at radius 3 is 2.77 bits per heavy atom. The van der Waals surface area contributed by atoms with E-state index in [0.717, 1.165) is 42.8 Å². The van der Waals surface area contributed by atoms with Crippen LogP contribution in [0.5, 0.6) is 0 Å². The maximum atomic E-state index is 13.7. The molecule has 10 nitrogen and oxygen atoms in total. The van der Waals surface area contributed by atoms with E-state index in [2.05, 4.69) is 30.1 Å². The number of fused-ring (bicyclic) bond motifs is 1. The molecule has 1 aromatic carbocycles. The molecule has 2 unspecified atom stereocenters. The molecular formula is C28H33ClN8O2S. The van der Waals surface area contributed by atoms with Gasteiger partial charge in [0.15, 0.2) is 5.69 Å². The second-order valence-electron chi connectivity index (χ2n) is 10.3. The number of pyridine rings is 1. The molecule has 1 fully saturated rings. The molecule has 0 saturated carbocycles. The summed E-state index contributed by atoms with van der Waals surface area (Å²) in [5.74, 6) is 0.607. The number of nitrogens with one attached hydrogen (secondary N) is 3. The van der Waals surface area contributed by atoms with Crippen LogP contribution in [0.1, 0.15) is 64.6 Å². The van der Waals surface area contributed by atoms with Crippen molar-refractivity contribution in [2.24, 2.45) is 7.05 Å². The normalized spacial score (nSPS) is 16.2. The first-order valence-corrected chi connectivity index (χ1v) is 14.8. The molecule has 0 spiro atoms. The number of benzene rings is 1. The fourth-order valence-corrected chi connectivity index (χ4v) is 5.94. The van der Waals surface area contributed by atoms with E-state index in [4.69, 9.17) is 16.6 Å². The number of aryl methyl sites for hydroxylation is 2. The number of amides is 1. The zero-order valence-electron chi connectivity index (χ0n) is 23.2. The van der Waals surface area contributed by atoms with Gasteiger partial charge in [-0.05, 0) is 62.9 Å². The number of hydrogen-bond donors (Lipinski definition) is 3. The Morgan fingerprint density at radius 1 is 1.25 bits per heavy atom. The summed E-state index contributed by atoms with van der Waals surface area (Å²) in [4.78, 5) is 37.9. The van der Waals surface area contributed by atoms with E-state index in [9.17, 15) is 9.59 Å². The molecule has 0 aliphatic carbocycles. The molecular weight excluding hydrogens is 548 g/mol. The molecule has 2 atom stereocenters. The highest BCUT2D eigenvalue weighted by Crippen LogP contribution is 2.32. The molecule has 12 heteroatoms. The largest absolute Gasteiger partial charge is 0.377 e. The molecule has 210 valence electrons. The van der Waals surface area contributed by atoms with Gasteiger partial charge < -0.3 is 10.2 Å². The van der Waals surface area contributed by atoms with Gasteiger partial charge in [-0.15, -0.1) is 0 Å². The average Bonchev–Trinajstić information content (AvgIpc) is 3.37. The van der Waals surface area contributed by atoms with Gasteiger partial charge >= 0.3 is 0 Å². The number of carbonyl (C=O) groups is 1. The van der Waals surface area contributed by atoms with Crippen LogP contribution in [0.2, 0.25) is 5.15 Å². The Bertz CT molecular complexity index is 1630. The zero-order valence-corrected chi connectivity index (χ0v) is 24.8. The lowest BCUT2D eigenvalue weighted by Crippen LogP contribution is -2.39. The van der Waals surface area contributed by atoms with E-state index < -0.39 is 0 Å². The SMILES string of the molecule is CSNC(=O)c1nc(Cl)ccc1NC(C)c1cc(C)cc2c(=O)n(C)c(N3CCCC(c4cn[nH]c4C)C3)nc12. The van der Waals surface area contributed by atoms with Crippen molar-refractivity contribution < 1.29 is 4.79 Å². The van der Waals surface area contributed by atoms with Crippen molar-refractivity contribution in [3.63, 3.8) is 0 Å². The minimum absolute atomic E-state index is 0.0908. The molecule has 1 aliphatic heterocycles. The molecule has 3 aromatic heterocycles. The van der Waals surface area contributed by atoms with Crippen LogP contribution < -0.4 is 20.5 Å². The summed E-state index contributed by atoms with van der Waals surface area (Å²) in [5.41, 5.74) is 5.38. The Hall–Kier alpha value is -3.57. The highest BCUT2D eigenvalue weighted by Gasteiger charge is 2.27. The number of piperidine rings is 1. The Kier molecular flexibility index (Phi) is 8.04. The summed E-state index contributed by atoms with van der Waals surface area (Å²) >= 11 is 7.29. The second-order valence-corrected chi connectivity index (χ2v) is 11.3. The molecule has 40 heavy (non-hydrogen) atoms. The van der Waals surface area contributed by atoms with Crippen LogP contribution >= 0.6 is 23.5 Å². The standard InChI is InChI=1S/C28H33ClN8O2S/c1-15-11-19(16(2)31-22-8-9-23(29)32-25(22)26(38)35-40-5)24-20(12-15)27(39)36(4)28(33-24)37-10-6-7-18(14-37)21-13-30-34-17(21)3/h8-9,11-13,16,18,31H,6-7,10,14H2,1-5H3,(H,30,34)(H,35,38). The van der Waals surface area contributed by atoms with Gasteiger partial charge in [-0.25, -0.2) is 9.97 Å². The lowest BCUT2D eigenvalue weighted by atomic mass is 9.91.